The van der Waals surface area contributed by atoms with Crippen molar-refractivity contribution in [3.8, 4) is 11.5 Å². The molecule has 24 heavy (non-hydrogen) atoms. The van der Waals surface area contributed by atoms with Crippen LogP contribution in [0.4, 0.5) is 0 Å². The van der Waals surface area contributed by atoms with Crippen LogP contribution in [0.2, 0.25) is 0 Å². The summed E-state index contributed by atoms with van der Waals surface area (Å²) in [5.41, 5.74) is 0.318. The molecule has 0 amide bonds. The second kappa shape index (κ2) is 7.11. The fourth-order valence-corrected chi connectivity index (χ4v) is 3.09. The molecule has 0 bridgehead atoms. The second-order valence-electron chi connectivity index (χ2n) is 6.27. The van der Waals surface area contributed by atoms with Crippen LogP contribution >= 0.6 is 0 Å². The summed E-state index contributed by atoms with van der Waals surface area (Å²) in [6.45, 7) is 1.77. The van der Waals surface area contributed by atoms with Gasteiger partial charge in [0.25, 0.3) is 0 Å². The van der Waals surface area contributed by atoms with Crippen molar-refractivity contribution < 1.29 is 28.5 Å². The molecule has 6 nitrogen and oxygen atoms in total. The summed E-state index contributed by atoms with van der Waals surface area (Å²) in [4.78, 5) is 23.8. The molecule has 1 aliphatic carbocycles. The van der Waals surface area contributed by atoms with Gasteiger partial charge in [0.05, 0.1) is 18.8 Å². The Bertz CT molecular complexity index is 620. The number of carbonyl (C=O) groups is 2. The number of cyclic esters (lactones) is 1. The molecule has 6 heteroatoms. The third-order valence-electron chi connectivity index (χ3n) is 4.37. The zero-order chi connectivity index (χ0) is 17.1. The third kappa shape index (κ3) is 3.63. The molecule has 0 aromatic heterocycles. The van der Waals surface area contributed by atoms with Crippen LogP contribution in [0.3, 0.4) is 0 Å². The molecule has 2 atom stereocenters. The second-order valence-corrected chi connectivity index (χ2v) is 6.27. The molecule has 1 heterocycles. The van der Waals surface area contributed by atoms with Crippen LogP contribution in [-0.4, -0.2) is 37.4 Å². The summed E-state index contributed by atoms with van der Waals surface area (Å²) in [5, 5.41) is 0. The molecular weight excluding hydrogens is 312 g/mol. The molecule has 1 aromatic carbocycles. The van der Waals surface area contributed by atoms with Crippen molar-refractivity contribution in [1.82, 2.24) is 0 Å². The fraction of sp³-hybridized carbons (Fsp3) is 0.556. The Morgan fingerprint density at radius 2 is 1.96 bits per heavy atom. The summed E-state index contributed by atoms with van der Waals surface area (Å²) in [6.07, 6.45) is 3.93. The Balaban J connectivity index is 1.69. The van der Waals surface area contributed by atoms with Gasteiger partial charge < -0.3 is 18.9 Å². The lowest BCUT2D eigenvalue weighted by Gasteiger charge is -2.16. The van der Waals surface area contributed by atoms with Crippen molar-refractivity contribution in [2.45, 2.75) is 57.3 Å². The minimum atomic E-state index is -0.840. The van der Waals surface area contributed by atoms with Gasteiger partial charge in [-0.2, -0.15) is 0 Å². The van der Waals surface area contributed by atoms with Crippen LogP contribution in [-0.2, 0) is 14.3 Å². The lowest BCUT2D eigenvalue weighted by atomic mass is 10.2. The van der Waals surface area contributed by atoms with E-state index in [9.17, 15) is 9.59 Å². The van der Waals surface area contributed by atoms with Crippen LogP contribution in [0.5, 0.6) is 11.5 Å². The van der Waals surface area contributed by atoms with Crippen LogP contribution in [0.15, 0.2) is 18.2 Å². The average molecular weight is 334 g/mol. The highest BCUT2D eigenvalue weighted by molar-refractivity contribution is 5.92. The van der Waals surface area contributed by atoms with Crippen molar-refractivity contribution in [1.29, 1.82) is 0 Å². The third-order valence-corrected chi connectivity index (χ3v) is 4.37. The minimum absolute atomic E-state index is 0.200. The summed E-state index contributed by atoms with van der Waals surface area (Å²) in [6, 6.07) is 4.92. The SMILES string of the molecule is COc1cc(C(=O)O[C@H]2C[C@@H](C)OC2=O)ccc1OC1CCCC1. The Morgan fingerprint density at radius 1 is 1.21 bits per heavy atom. The monoisotopic (exact) mass is 334 g/mol. The van der Waals surface area contributed by atoms with Gasteiger partial charge in [-0.05, 0) is 50.8 Å². The predicted molar refractivity (Wildman–Crippen MR) is 85.3 cm³/mol. The molecule has 0 spiro atoms. The molecule has 3 rings (SSSR count). The largest absolute Gasteiger partial charge is 0.493 e. The number of methoxy groups -OCH3 is 1. The maximum absolute atomic E-state index is 12.3. The first kappa shape index (κ1) is 16.6. The number of hydrogen-bond acceptors (Lipinski definition) is 6. The maximum Gasteiger partial charge on any atom is 0.347 e. The molecule has 2 aliphatic rings. The molecule has 1 aliphatic heterocycles. The van der Waals surface area contributed by atoms with E-state index in [1.807, 2.05) is 0 Å². The highest BCUT2D eigenvalue weighted by Gasteiger charge is 2.35. The van der Waals surface area contributed by atoms with Gasteiger partial charge in [-0.25, -0.2) is 9.59 Å². The molecule has 130 valence electrons. The van der Waals surface area contributed by atoms with E-state index in [4.69, 9.17) is 18.9 Å². The Kier molecular flexibility index (Phi) is 4.92. The van der Waals surface area contributed by atoms with Crippen LogP contribution in [0.25, 0.3) is 0 Å². The molecular formula is C18H22O6. The molecule has 1 aromatic rings. The molecule has 0 radical (unpaired) electrons. The van der Waals surface area contributed by atoms with E-state index in [1.54, 1.807) is 25.1 Å². The summed E-state index contributed by atoms with van der Waals surface area (Å²) < 4.78 is 21.5. The zero-order valence-corrected chi connectivity index (χ0v) is 13.9. The Morgan fingerprint density at radius 3 is 2.58 bits per heavy atom. The predicted octanol–water partition coefficient (Wildman–Crippen LogP) is 2.88. The number of esters is 2. The van der Waals surface area contributed by atoms with Crippen molar-refractivity contribution in [2.24, 2.45) is 0 Å². The molecule has 0 unspecified atom stereocenters. The fourth-order valence-electron chi connectivity index (χ4n) is 3.09. The van der Waals surface area contributed by atoms with E-state index < -0.39 is 18.0 Å². The van der Waals surface area contributed by atoms with Crippen molar-refractivity contribution >= 4 is 11.9 Å². The van der Waals surface area contributed by atoms with E-state index in [-0.39, 0.29) is 12.2 Å². The van der Waals surface area contributed by atoms with E-state index in [1.165, 1.54) is 20.0 Å². The lowest BCUT2D eigenvalue weighted by Crippen LogP contribution is -2.22. The molecule has 1 saturated heterocycles. The molecule has 1 saturated carbocycles. The van der Waals surface area contributed by atoms with Gasteiger partial charge in [-0.15, -0.1) is 0 Å². The molecule has 0 N–H and O–H groups in total. The number of hydrogen-bond donors (Lipinski definition) is 0. The van der Waals surface area contributed by atoms with Crippen molar-refractivity contribution in [3.05, 3.63) is 23.8 Å². The summed E-state index contributed by atoms with van der Waals surface area (Å²) in [5.74, 6) is 0.0364. The first-order valence-corrected chi connectivity index (χ1v) is 8.33. The number of ether oxygens (including phenoxy) is 4. The normalized spacial score (nSPS) is 23.8. The standard InChI is InChI=1S/C18H22O6/c1-11-9-16(18(20)22-11)24-17(19)12-7-8-14(15(10-12)21-2)23-13-5-3-4-6-13/h7-8,10-11,13,16H,3-6,9H2,1-2H3/t11-,16+/m1/s1. The van der Waals surface area contributed by atoms with Crippen LogP contribution in [0.1, 0.15) is 49.4 Å². The van der Waals surface area contributed by atoms with Gasteiger partial charge in [0.15, 0.2) is 11.5 Å². The number of rotatable bonds is 5. The van der Waals surface area contributed by atoms with Gasteiger partial charge in [0, 0.05) is 6.42 Å². The maximum atomic E-state index is 12.3. The average Bonchev–Trinajstić information content (AvgIpc) is 3.17. The smallest absolute Gasteiger partial charge is 0.347 e. The number of benzene rings is 1. The van der Waals surface area contributed by atoms with Crippen molar-refractivity contribution in [3.63, 3.8) is 0 Å². The quantitative estimate of drug-likeness (QED) is 0.771. The van der Waals surface area contributed by atoms with Gasteiger partial charge >= 0.3 is 11.9 Å². The van der Waals surface area contributed by atoms with Gasteiger partial charge in [-0.1, -0.05) is 0 Å². The van der Waals surface area contributed by atoms with E-state index in [2.05, 4.69) is 0 Å². The van der Waals surface area contributed by atoms with Crippen LogP contribution < -0.4 is 9.47 Å². The Hall–Kier alpha value is -2.24. The lowest BCUT2D eigenvalue weighted by molar-refractivity contribution is -0.147. The number of carbonyl (C=O) groups excluding carboxylic acids is 2. The van der Waals surface area contributed by atoms with Gasteiger partial charge in [0.1, 0.15) is 6.10 Å². The Labute approximate surface area is 141 Å². The minimum Gasteiger partial charge on any atom is -0.493 e. The topological polar surface area (TPSA) is 71.1 Å². The first-order chi connectivity index (χ1) is 11.6. The highest BCUT2D eigenvalue weighted by Crippen LogP contribution is 2.32. The van der Waals surface area contributed by atoms with Crippen LogP contribution in [0, 0.1) is 0 Å². The van der Waals surface area contributed by atoms with Crippen molar-refractivity contribution in [2.75, 3.05) is 7.11 Å². The van der Waals surface area contributed by atoms with E-state index in [0.29, 0.717) is 23.5 Å². The molecule has 2 fully saturated rings. The summed E-state index contributed by atoms with van der Waals surface area (Å²) >= 11 is 0. The first-order valence-electron chi connectivity index (χ1n) is 8.33. The zero-order valence-electron chi connectivity index (χ0n) is 13.9. The van der Waals surface area contributed by atoms with E-state index >= 15 is 0 Å². The highest BCUT2D eigenvalue weighted by atomic mass is 16.6. The van der Waals surface area contributed by atoms with E-state index in [0.717, 1.165) is 12.8 Å². The summed E-state index contributed by atoms with van der Waals surface area (Å²) in [7, 11) is 1.53. The van der Waals surface area contributed by atoms with Gasteiger partial charge in [-0.3, -0.25) is 0 Å². The van der Waals surface area contributed by atoms with Gasteiger partial charge in [0.2, 0.25) is 6.10 Å².